The number of amides is 1. The zero-order chi connectivity index (χ0) is 15.4. The summed E-state index contributed by atoms with van der Waals surface area (Å²) < 4.78 is 1.79. The number of aromatic nitrogens is 2. The molecule has 0 saturated carbocycles. The molecule has 0 bridgehead atoms. The Morgan fingerprint density at radius 2 is 2.17 bits per heavy atom. The third kappa shape index (κ3) is 5.11. The van der Waals surface area contributed by atoms with Crippen LogP contribution in [0, 0.1) is 0 Å². The third-order valence-electron chi connectivity index (χ3n) is 3.91. The fourth-order valence-corrected chi connectivity index (χ4v) is 3.00. The van der Waals surface area contributed by atoms with Gasteiger partial charge in [-0.05, 0) is 23.8 Å². The quantitative estimate of drug-likeness (QED) is 0.872. The van der Waals surface area contributed by atoms with E-state index in [0.29, 0.717) is 18.0 Å². The van der Waals surface area contributed by atoms with Crippen LogP contribution in [0.15, 0.2) is 42.7 Å². The van der Waals surface area contributed by atoms with Gasteiger partial charge in [-0.25, -0.2) is 0 Å². The van der Waals surface area contributed by atoms with Gasteiger partial charge in [-0.1, -0.05) is 23.7 Å². The minimum Gasteiger partial charge on any atom is -0.333 e. The van der Waals surface area contributed by atoms with Crippen LogP contribution in [-0.2, 0) is 11.3 Å². The highest BCUT2D eigenvalue weighted by atomic mass is 35.5. The Morgan fingerprint density at radius 3 is 2.88 bits per heavy atom. The van der Waals surface area contributed by atoms with Gasteiger partial charge in [0, 0.05) is 50.0 Å². The summed E-state index contributed by atoms with van der Waals surface area (Å²) >= 11 is 6.08. The van der Waals surface area contributed by atoms with Crippen LogP contribution < -0.4 is 5.32 Å². The number of carbonyl (C=O) groups excluding carboxylic acids is 1. The number of aryl methyl sites for hydroxylation is 1. The summed E-state index contributed by atoms with van der Waals surface area (Å²) in [6.07, 6.45) is 4.06. The molecule has 1 aromatic carbocycles. The molecule has 132 valence electrons. The molecule has 2 heterocycles. The molecule has 1 amide bonds. The average molecular weight is 392 g/mol. The van der Waals surface area contributed by atoms with Crippen molar-refractivity contribution >= 4 is 42.3 Å². The van der Waals surface area contributed by atoms with E-state index < -0.39 is 0 Å². The Labute approximate surface area is 159 Å². The zero-order valence-corrected chi connectivity index (χ0v) is 15.5. The first-order valence-corrected chi connectivity index (χ1v) is 7.85. The van der Waals surface area contributed by atoms with E-state index in [0.717, 1.165) is 25.2 Å². The van der Waals surface area contributed by atoms with Gasteiger partial charge < -0.3 is 10.2 Å². The Hall–Kier alpha value is -1.27. The molecular formula is C16H21Cl3N4O. The number of halogens is 3. The van der Waals surface area contributed by atoms with Crippen LogP contribution in [0.1, 0.15) is 18.0 Å². The molecule has 1 N–H and O–H groups in total. The van der Waals surface area contributed by atoms with Crippen LogP contribution >= 0.6 is 36.4 Å². The molecule has 1 aromatic heterocycles. The van der Waals surface area contributed by atoms with Crippen molar-refractivity contribution < 1.29 is 4.79 Å². The Kier molecular flexibility index (Phi) is 8.56. The molecule has 1 atom stereocenters. The van der Waals surface area contributed by atoms with Crippen molar-refractivity contribution in [2.45, 2.75) is 19.0 Å². The maximum atomic E-state index is 12.6. The van der Waals surface area contributed by atoms with Gasteiger partial charge >= 0.3 is 0 Å². The van der Waals surface area contributed by atoms with Crippen LogP contribution in [0.2, 0.25) is 5.02 Å². The van der Waals surface area contributed by atoms with E-state index >= 15 is 0 Å². The molecule has 0 aliphatic carbocycles. The summed E-state index contributed by atoms with van der Waals surface area (Å²) in [5.74, 6) is 0.155. The summed E-state index contributed by atoms with van der Waals surface area (Å²) in [7, 11) is 0. The van der Waals surface area contributed by atoms with Gasteiger partial charge in [0.15, 0.2) is 0 Å². The predicted octanol–water partition coefficient (Wildman–Crippen LogP) is 2.94. The lowest BCUT2D eigenvalue weighted by molar-refractivity contribution is -0.134. The van der Waals surface area contributed by atoms with Crippen LogP contribution in [0.25, 0.3) is 0 Å². The first-order valence-electron chi connectivity index (χ1n) is 7.47. The van der Waals surface area contributed by atoms with E-state index in [9.17, 15) is 4.79 Å². The molecule has 8 heteroatoms. The average Bonchev–Trinajstić information content (AvgIpc) is 3.06. The highest BCUT2D eigenvalue weighted by Gasteiger charge is 2.27. The van der Waals surface area contributed by atoms with Crippen LogP contribution in [0.3, 0.4) is 0 Å². The second kappa shape index (κ2) is 9.89. The van der Waals surface area contributed by atoms with E-state index in [-0.39, 0.29) is 36.8 Å². The number of carbonyl (C=O) groups is 1. The van der Waals surface area contributed by atoms with E-state index in [1.807, 2.05) is 41.4 Å². The van der Waals surface area contributed by atoms with Crippen molar-refractivity contribution in [1.82, 2.24) is 20.0 Å². The largest absolute Gasteiger partial charge is 0.333 e. The Bertz CT molecular complexity index is 636. The number of piperazine rings is 1. The number of hydrogen-bond acceptors (Lipinski definition) is 3. The Balaban J connectivity index is 0.00000144. The van der Waals surface area contributed by atoms with Crippen molar-refractivity contribution in [3.05, 3.63) is 53.3 Å². The molecule has 1 unspecified atom stereocenters. The second-order valence-corrected chi connectivity index (χ2v) is 5.82. The first kappa shape index (κ1) is 20.8. The molecule has 1 aliphatic heterocycles. The van der Waals surface area contributed by atoms with E-state index in [2.05, 4.69) is 10.4 Å². The number of nitrogens with zero attached hydrogens (tertiary/aromatic N) is 3. The molecule has 1 fully saturated rings. The van der Waals surface area contributed by atoms with E-state index in [4.69, 9.17) is 11.6 Å². The van der Waals surface area contributed by atoms with Crippen molar-refractivity contribution in [3.63, 3.8) is 0 Å². The van der Waals surface area contributed by atoms with Gasteiger partial charge in [0.05, 0.1) is 6.04 Å². The van der Waals surface area contributed by atoms with Gasteiger partial charge in [-0.2, -0.15) is 5.10 Å². The summed E-state index contributed by atoms with van der Waals surface area (Å²) in [6.45, 7) is 2.91. The standard InChI is InChI=1S/C16H19ClN4O.2ClH/c17-14-4-1-3-13(11-14)15-12-18-7-10-21(15)16(22)5-9-20-8-2-6-19-20;;/h1-4,6,8,11,15,18H,5,7,9-10,12H2;2*1H. The summed E-state index contributed by atoms with van der Waals surface area (Å²) in [4.78, 5) is 14.5. The second-order valence-electron chi connectivity index (χ2n) is 5.38. The lowest BCUT2D eigenvalue weighted by Crippen LogP contribution is -2.48. The summed E-state index contributed by atoms with van der Waals surface area (Å²) in [5, 5.41) is 8.19. The number of nitrogens with one attached hydrogen (secondary N) is 1. The third-order valence-corrected chi connectivity index (χ3v) is 4.15. The number of benzene rings is 1. The molecular weight excluding hydrogens is 371 g/mol. The van der Waals surface area contributed by atoms with E-state index in [1.54, 1.807) is 10.9 Å². The van der Waals surface area contributed by atoms with Gasteiger partial charge in [0.25, 0.3) is 0 Å². The van der Waals surface area contributed by atoms with Gasteiger partial charge in [0.2, 0.25) is 5.91 Å². The van der Waals surface area contributed by atoms with E-state index in [1.165, 1.54) is 0 Å². The van der Waals surface area contributed by atoms with Gasteiger partial charge in [-0.15, -0.1) is 24.8 Å². The molecule has 2 aromatic rings. The summed E-state index contributed by atoms with van der Waals surface area (Å²) in [5.41, 5.74) is 1.08. The predicted molar refractivity (Wildman–Crippen MR) is 100 cm³/mol. The van der Waals surface area contributed by atoms with Crippen molar-refractivity contribution in [2.24, 2.45) is 0 Å². The number of rotatable bonds is 4. The van der Waals surface area contributed by atoms with Gasteiger partial charge in [-0.3, -0.25) is 9.48 Å². The smallest absolute Gasteiger partial charge is 0.225 e. The maximum absolute atomic E-state index is 12.6. The molecule has 1 aliphatic rings. The van der Waals surface area contributed by atoms with Gasteiger partial charge in [0.1, 0.15) is 0 Å². The molecule has 5 nitrogen and oxygen atoms in total. The van der Waals surface area contributed by atoms with Crippen molar-refractivity contribution in [2.75, 3.05) is 19.6 Å². The van der Waals surface area contributed by atoms with Crippen LogP contribution in [-0.4, -0.2) is 40.2 Å². The number of hydrogen-bond donors (Lipinski definition) is 1. The minimum absolute atomic E-state index is 0. The zero-order valence-electron chi connectivity index (χ0n) is 13.1. The molecule has 0 radical (unpaired) electrons. The fraction of sp³-hybridized carbons (Fsp3) is 0.375. The topological polar surface area (TPSA) is 50.2 Å². The van der Waals surface area contributed by atoms with Crippen LogP contribution in [0.4, 0.5) is 0 Å². The first-order chi connectivity index (χ1) is 10.7. The molecule has 1 saturated heterocycles. The fourth-order valence-electron chi connectivity index (χ4n) is 2.80. The highest BCUT2D eigenvalue weighted by molar-refractivity contribution is 6.30. The normalized spacial score (nSPS) is 16.9. The minimum atomic E-state index is 0. The van der Waals surface area contributed by atoms with Crippen LogP contribution in [0.5, 0.6) is 0 Å². The van der Waals surface area contributed by atoms with Crippen molar-refractivity contribution in [1.29, 1.82) is 0 Å². The lowest BCUT2D eigenvalue weighted by Gasteiger charge is -2.36. The summed E-state index contributed by atoms with van der Waals surface area (Å²) in [6, 6.07) is 9.65. The molecule has 0 spiro atoms. The molecule has 24 heavy (non-hydrogen) atoms. The maximum Gasteiger partial charge on any atom is 0.225 e. The SMILES string of the molecule is Cl.Cl.O=C(CCn1cccn1)N1CCNCC1c1cccc(Cl)c1. The molecule has 3 rings (SSSR count). The monoisotopic (exact) mass is 390 g/mol. The Morgan fingerprint density at radius 1 is 1.33 bits per heavy atom. The lowest BCUT2D eigenvalue weighted by atomic mass is 10.0. The highest BCUT2D eigenvalue weighted by Crippen LogP contribution is 2.25. The van der Waals surface area contributed by atoms with Crippen molar-refractivity contribution in [3.8, 4) is 0 Å².